The molecule has 0 amide bonds. The summed E-state index contributed by atoms with van der Waals surface area (Å²) in [4.78, 5) is 0. The first-order chi connectivity index (χ1) is 20.1. The standard InChI is InChI=1S/C16H26.C8H14.C8H18.C4H8.3C2H6/c1-5-12-16(7-3,13-6-2)15-11-9-8-10-14(15)4;1-5-6-8(4)7(2)3;1-4-7-8(5-2)6-3;1-3-4-2;3*1-2/h8-11H,5-7,12-13H2,1-4H3;2,4-6H2,1,3H3;8H,4-7H2,1-3H3;3-4H,1-2H3;3*1-2H3/b;;;4-3-;;;. The van der Waals surface area contributed by atoms with Crippen LogP contribution in [0.5, 0.6) is 0 Å². The molecule has 0 aliphatic carbocycles. The SMILES string of the molecule is C/C=C\C.C=C(C)C(=C)CCC.CC.CC.CC.CCCC(CC)(CCC)c1ccccc1C.CCCC(CC)CC. The van der Waals surface area contributed by atoms with Crippen LogP contribution in [0, 0.1) is 12.8 Å². The van der Waals surface area contributed by atoms with Crippen LogP contribution >= 0.6 is 0 Å². The average molecular weight is 589 g/mol. The van der Waals surface area contributed by atoms with Crippen molar-refractivity contribution in [1.82, 2.24) is 0 Å². The average Bonchev–Trinajstić information content (AvgIpc) is 3.03. The summed E-state index contributed by atoms with van der Waals surface area (Å²) >= 11 is 0. The van der Waals surface area contributed by atoms with E-state index in [2.05, 4.69) is 92.8 Å². The van der Waals surface area contributed by atoms with Crippen LogP contribution in [0.25, 0.3) is 0 Å². The zero-order chi connectivity index (χ0) is 34.4. The van der Waals surface area contributed by atoms with E-state index < -0.39 is 0 Å². The summed E-state index contributed by atoms with van der Waals surface area (Å²) in [7, 11) is 0. The van der Waals surface area contributed by atoms with Gasteiger partial charge >= 0.3 is 0 Å². The van der Waals surface area contributed by atoms with E-state index in [1.165, 1.54) is 75.3 Å². The highest BCUT2D eigenvalue weighted by Crippen LogP contribution is 2.39. The van der Waals surface area contributed by atoms with E-state index in [9.17, 15) is 0 Å². The Balaban J connectivity index is -0.000000106. The van der Waals surface area contributed by atoms with Gasteiger partial charge in [-0.2, -0.15) is 0 Å². The van der Waals surface area contributed by atoms with E-state index >= 15 is 0 Å². The second-order valence-electron chi connectivity index (χ2n) is 10.2. The van der Waals surface area contributed by atoms with Crippen molar-refractivity contribution in [3.8, 4) is 0 Å². The Hall–Kier alpha value is -1.56. The monoisotopic (exact) mass is 589 g/mol. The third-order valence-corrected chi connectivity index (χ3v) is 7.19. The number of hydrogen-bond donors (Lipinski definition) is 0. The maximum atomic E-state index is 3.84. The molecule has 0 unspecified atom stereocenters. The lowest BCUT2D eigenvalue weighted by Crippen LogP contribution is -2.26. The van der Waals surface area contributed by atoms with Crippen molar-refractivity contribution in [3.05, 3.63) is 71.8 Å². The first-order valence-corrected chi connectivity index (χ1v) is 18.1. The van der Waals surface area contributed by atoms with Crippen LogP contribution in [0.3, 0.4) is 0 Å². The summed E-state index contributed by atoms with van der Waals surface area (Å²) < 4.78 is 0. The summed E-state index contributed by atoms with van der Waals surface area (Å²) in [6.07, 6.45) is 18.2. The molecule has 0 aromatic heterocycles. The summed E-state index contributed by atoms with van der Waals surface area (Å²) in [5.74, 6) is 1.000. The molecule has 42 heavy (non-hydrogen) atoms. The van der Waals surface area contributed by atoms with E-state index in [1.807, 2.05) is 74.5 Å². The fourth-order valence-corrected chi connectivity index (χ4v) is 4.68. The van der Waals surface area contributed by atoms with E-state index in [1.54, 1.807) is 5.56 Å². The lowest BCUT2D eigenvalue weighted by Gasteiger charge is -2.34. The Kier molecular flexibility index (Phi) is 55.4. The number of aryl methyl sites for hydroxylation is 1. The predicted molar refractivity (Wildman–Crippen MR) is 205 cm³/mol. The minimum absolute atomic E-state index is 0.425. The highest BCUT2D eigenvalue weighted by Gasteiger charge is 2.29. The number of hydrogen-bond acceptors (Lipinski definition) is 0. The van der Waals surface area contributed by atoms with Gasteiger partial charge < -0.3 is 0 Å². The van der Waals surface area contributed by atoms with Crippen molar-refractivity contribution in [2.75, 3.05) is 0 Å². The molecule has 0 spiro atoms. The molecule has 0 atom stereocenters. The maximum absolute atomic E-state index is 3.84. The first kappa shape index (κ1) is 53.0. The summed E-state index contributed by atoms with van der Waals surface area (Å²) in [5, 5.41) is 0. The highest BCUT2D eigenvalue weighted by atomic mass is 14.3. The van der Waals surface area contributed by atoms with Crippen LogP contribution in [0.15, 0.2) is 60.7 Å². The van der Waals surface area contributed by atoms with Gasteiger partial charge in [-0.3, -0.25) is 0 Å². The Labute approximate surface area is 271 Å². The van der Waals surface area contributed by atoms with Gasteiger partial charge in [0, 0.05) is 0 Å². The number of allylic oxidation sites excluding steroid dienone is 4. The van der Waals surface area contributed by atoms with Crippen molar-refractivity contribution in [1.29, 1.82) is 0 Å². The van der Waals surface area contributed by atoms with E-state index in [0.717, 1.165) is 17.9 Å². The molecule has 0 aliphatic rings. The molecule has 0 heterocycles. The molecule has 0 saturated carbocycles. The predicted octanol–water partition coefficient (Wildman–Crippen LogP) is 16.0. The molecule has 1 aromatic carbocycles. The molecule has 1 aromatic rings. The number of rotatable bonds is 13. The molecule has 0 saturated heterocycles. The van der Waals surface area contributed by atoms with Gasteiger partial charge in [-0.1, -0.05) is 196 Å². The van der Waals surface area contributed by atoms with Crippen LogP contribution in [-0.4, -0.2) is 0 Å². The van der Waals surface area contributed by atoms with E-state index in [-0.39, 0.29) is 0 Å². The van der Waals surface area contributed by atoms with Crippen molar-refractivity contribution >= 4 is 0 Å². The van der Waals surface area contributed by atoms with Crippen LogP contribution in [0.1, 0.15) is 193 Å². The molecule has 0 aliphatic heterocycles. The quantitative estimate of drug-likeness (QED) is 0.159. The largest absolute Gasteiger partial charge is 0.0959 e. The molecule has 1 rings (SSSR count). The Morgan fingerprint density at radius 3 is 1.36 bits per heavy atom. The van der Waals surface area contributed by atoms with E-state index in [0.29, 0.717) is 5.41 Å². The topological polar surface area (TPSA) is 0 Å². The number of benzene rings is 1. The van der Waals surface area contributed by atoms with Crippen LogP contribution in [0.2, 0.25) is 0 Å². The molecule has 0 bridgehead atoms. The third kappa shape index (κ3) is 31.4. The van der Waals surface area contributed by atoms with Gasteiger partial charge in [0.1, 0.15) is 0 Å². The minimum atomic E-state index is 0.425. The van der Waals surface area contributed by atoms with Gasteiger partial charge in [0.25, 0.3) is 0 Å². The van der Waals surface area contributed by atoms with Crippen LogP contribution in [0.4, 0.5) is 0 Å². The lowest BCUT2D eigenvalue weighted by molar-refractivity contribution is 0.342. The van der Waals surface area contributed by atoms with Crippen molar-refractivity contribution < 1.29 is 0 Å². The molecule has 0 N–H and O–H groups in total. The summed E-state index contributed by atoms with van der Waals surface area (Å²) in [6.45, 7) is 43.8. The van der Waals surface area contributed by atoms with Gasteiger partial charge in [-0.05, 0) is 75.8 Å². The molecular formula is C42H84. The molecule has 0 fully saturated rings. The normalized spacial score (nSPS) is 9.48. The molecule has 0 radical (unpaired) electrons. The fourth-order valence-electron chi connectivity index (χ4n) is 4.68. The maximum Gasteiger partial charge on any atom is -0.00472 e. The van der Waals surface area contributed by atoms with Gasteiger partial charge in [0.15, 0.2) is 0 Å². The van der Waals surface area contributed by atoms with Crippen molar-refractivity contribution in [3.63, 3.8) is 0 Å². The van der Waals surface area contributed by atoms with E-state index in [4.69, 9.17) is 0 Å². The molecule has 252 valence electrons. The van der Waals surface area contributed by atoms with Gasteiger partial charge in [-0.15, -0.1) is 0 Å². The Morgan fingerprint density at radius 2 is 1.14 bits per heavy atom. The fraction of sp³-hybridized carbons (Fsp3) is 0.714. The van der Waals surface area contributed by atoms with Gasteiger partial charge in [0.2, 0.25) is 0 Å². The van der Waals surface area contributed by atoms with Gasteiger partial charge in [0.05, 0.1) is 0 Å². The zero-order valence-electron chi connectivity index (χ0n) is 32.7. The molecule has 0 heteroatoms. The second kappa shape index (κ2) is 43.9. The van der Waals surface area contributed by atoms with Crippen molar-refractivity contribution in [2.45, 2.75) is 194 Å². The first-order valence-electron chi connectivity index (χ1n) is 18.1. The summed E-state index contributed by atoms with van der Waals surface area (Å²) in [5.41, 5.74) is 5.78. The second-order valence-corrected chi connectivity index (χ2v) is 10.2. The van der Waals surface area contributed by atoms with Gasteiger partial charge in [-0.25, -0.2) is 0 Å². The summed E-state index contributed by atoms with van der Waals surface area (Å²) in [6, 6.07) is 8.93. The van der Waals surface area contributed by atoms with Crippen LogP contribution < -0.4 is 0 Å². The third-order valence-electron chi connectivity index (χ3n) is 7.19. The smallest absolute Gasteiger partial charge is 0.00472 e. The Morgan fingerprint density at radius 1 is 0.714 bits per heavy atom. The highest BCUT2D eigenvalue weighted by molar-refractivity contribution is 5.33. The zero-order valence-corrected chi connectivity index (χ0v) is 32.7. The van der Waals surface area contributed by atoms with Crippen LogP contribution in [-0.2, 0) is 5.41 Å². The Bertz CT molecular complexity index is 646. The minimum Gasteiger partial charge on any atom is -0.0959 e. The van der Waals surface area contributed by atoms with Crippen molar-refractivity contribution in [2.24, 2.45) is 5.92 Å². The molecule has 0 nitrogen and oxygen atoms in total. The lowest BCUT2D eigenvalue weighted by atomic mass is 9.70. The molecular weight excluding hydrogens is 504 g/mol.